The molecule has 0 radical (unpaired) electrons. The van der Waals surface area contributed by atoms with Crippen LogP contribution in [0.4, 0.5) is 5.69 Å². The third-order valence-corrected chi connectivity index (χ3v) is 6.61. The second-order valence-corrected chi connectivity index (χ2v) is 8.55. The summed E-state index contributed by atoms with van der Waals surface area (Å²) in [6, 6.07) is 17.2. The van der Waals surface area contributed by atoms with E-state index in [-0.39, 0.29) is 11.8 Å². The Morgan fingerprint density at radius 2 is 1.79 bits per heavy atom. The molecule has 2 atom stereocenters. The van der Waals surface area contributed by atoms with E-state index in [1.807, 2.05) is 29.6 Å². The van der Waals surface area contributed by atoms with Gasteiger partial charge in [0, 0.05) is 29.8 Å². The summed E-state index contributed by atoms with van der Waals surface area (Å²) in [4.78, 5) is 41.4. The Morgan fingerprint density at radius 3 is 2.45 bits per heavy atom. The van der Waals surface area contributed by atoms with Crippen LogP contribution in [0.3, 0.4) is 0 Å². The van der Waals surface area contributed by atoms with Crippen molar-refractivity contribution in [2.45, 2.75) is 12.0 Å². The van der Waals surface area contributed by atoms with E-state index in [1.165, 1.54) is 18.4 Å². The normalized spacial score (nSPS) is 17.4. The van der Waals surface area contributed by atoms with E-state index < -0.39 is 17.9 Å². The third kappa shape index (κ3) is 4.53. The second kappa shape index (κ2) is 9.97. The zero-order chi connectivity index (χ0) is 23.4. The van der Waals surface area contributed by atoms with Gasteiger partial charge in [-0.15, -0.1) is 11.3 Å². The van der Waals surface area contributed by atoms with Crippen molar-refractivity contribution < 1.29 is 23.9 Å². The van der Waals surface area contributed by atoms with Crippen LogP contribution in [0.2, 0.25) is 0 Å². The molecule has 1 aromatic heterocycles. The number of nitrogens with zero attached hydrogens (tertiary/aromatic N) is 1. The van der Waals surface area contributed by atoms with Gasteiger partial charge in [-0.05, 0) is 47.3 Å². The fourth-order valence-electron chi connectivity index (χ4n) is 4.11. The maximum absolute atomic E-state index is 13.7. The number of ether oxygens (including phenoxy) is 2. The molecule has 0 saturated heterocycles. The van der Waals surface area contributed by atoms with Gasteiger partial charge in [-0.1, -0.05) is 24.3 Å². The minimum atomic E-state index is -0.616. The first-order valence-electron chi connectivity index (χ1n) is 10.5. The van der Waals surface area contributed by atoms with Gasteiger partial charge in [-0.3, -0.25) is 9.59 Å². The summed E-state index contributed by atoms with van der Waals surface area (Å²) >= 11 is 1.51. The van der Waals surface area contributed by atoms with Crippen LogP contribution in [0, 0.1) is 0 Å². The Kier molecular flexibility index (Phi) is 6.86. The number of anilines is 1. The highest BCUT2D eigenvalue weighted by molar-refractivity contribution is 7.10. The molecule has 0 saturated carbocycles. The first kappa shape index (κ1) is 22.7. The summed E-state index contributed by atoms with van der Waals surface area (Å²) in [6.07, 6.45) is 0. The van der Waals surface area contributed by atoms with E-state index in [0.29, 0.717) is 35.5 Å². The average Bonchev–Trinajstić information content (AvgIpc) is 3.38. The van der Waals surface area contributed by atoms with Crippen LogP contribution >= 0.6 is 11.3 Å². The van der Waals surface area contributed by atoms with Gasteiger partial charge in [-0.25, -0.2) is 4.79 Å². The van der Waals surface area contributed by atoms with Crippen molar-refractivity contribution in [3.8, 4) is 0 Å². The highest BCUT2D eigenvalue weighted by Gasteiger charge is 2.44. The van der Waals surface area contributed by atoms with Crippen molar-refractivity contribution in [2.24, 2.45) is 0 Å². The van der Waals surface area contributed by atoms with E-state index in [2.05, 4.69) is 5.32 Å². The van der Waals surface area contributed by atoms with Gasteiger partial charge in [-0.2, -0.15) is 0 Å². The first-order valence-corrected chi connectivity index (χ1v) is 11.3. The van der Waals surface area contributed by atoms with Crippen LogP contribution < -0.4 is 5.32 Å². The minimum Gasteiger partial charge on any atom is -0.465 e. The second-order valence-electron chi connectivity index (χ2n) is 7.57. The van der Waals surface area contributed by atoms with Crippen molar-refractivity contribution in [3.63, 3.8) is 0 Å². The molecular formula is C25H24N2O5S. The van der Waals surface area contributed by atoms with Crippen LogP contribution in [0.1, 0.15) is 43.1 Å². The molecule has 1 N–H and O–H groups in total. The van der Waals surface area contributed by atoms with Crippen LogP contribution in [0.25, 0.3) is 0 Å². The summed E-state index contributed by atoms with van der Waals surface area (Å²) in [5.41, 5.74) is 2.16. The van der Waals surface area contributed by atoms with E-state index in [4.69, 9.17) is 9.47 Å². The summed E-state index contributed by atoms with van der Waals surface area (Å²) < 4.78 is 9.98. The monoisotopic (exact) mass is 464 g/mol. The van der Waals surface area contributed by atoms with Crippen molar-refractivity contribution in [2.75, 3.05) is 32.7 Å². The molecule has 1 aliphatic rings. The standard InChI is InChI=1S/C25H24N2O5S/c1-31-14-13-27-22(20-8-5-15-33-20)21(18-6-3-4-7-19(18)24(27)29)23(28)26-17-11-9-16(10-12-17)25(30)32-2/h3-12,15,21-22H,13-14H2,1-2H3,(H,26,28). The van der Waals surface area contributed by atoms with Gasteiger partial charge < -0.3 is 19.7 Å². The lowest BCUT2D eigenvalue weighted by molar-refractivity contribution is -0.119. The van der Waals surface area contributed by atoms with Crippen LogP contribution in [-0.4, -0.2) is 50.1 Å². The Morgan fingerprint density at radius 1 is 1.03 bits per heavy atom. The van der Waals surface area contributed by atoms with Gasteiger partial charge in [0.25, 0.3) is 5.91 Å². The molecule has 0 bridgehead atoms. The highest BCUT2D eigenvalue weighted by Crippen LogP contribution is 2.44. The SMILES string of the molecule is COCCN1C(=O)c2ccccc2C(C(=O)Nc2ccc(C(=O)OC)cc2)C1c1cccs1. The number of rotatable bonds is 7. The number of nitrogens with one attached hydrogen (secondary N) is 1. The number of hydrogen-bond donors (Lipinski definition) is 1. The molecule has 2 amide bonds. The largest absolute Gasteiger partial charge is 0.465 e. The van der Waals surface area contributed by atoms with Crippen molar-refractivity contribution >= 4 is 34.8 Å². The van der Waals surface area contributed by atoms with E-state index in [0.717, 1.165) is 4.88 Å². The Hall–Kier alpha value is -3.49. The Balaban J connectivity index is 1.72. The quantitative estimate of drug-likeness (QED) is 0.532. The van der Waals surface area contributed by atoms with Gasteiger partial charge in [0.2, 0.25) is 5.91 Å². The molecule has 2 aromatic carbocycles. The number of esters is 1. The first-order chi connectivity index (χ1) is 16.0. The lowest BCUT2D eigenvalue weighted by Crippen LogP contribution is -2.47. The van der Waals surface area contributed by atoms with Crippen molar-refractivity contribution in [1.29, 1.82) is 0 Å². The maximum atomic E-state index is 13.7. The number of carbonyl (C=O) groups excluding carboxylic acids is 3. The van der Waals surface area contributed by atoms with Crippen molar-refractivity contribution in [1.82, 2.24) is 4.90 Å². The topological polar surface area (TPSA) is 84.9 Å². The Labute approximate surface area is 195 Å². The Bertz CT molecular complexity index is 1140. The summed E-state index contributed by atoms with van der Waals surface area (Å²) in [6.45, 7) is 0.725. The molecule has 2 heterocycles. The van der Waals surface area contributed by atoms with Crippen molar-refractivity contribution in [3.05, 3.63) is 87.6 Å². The third-order valence-electron chi connectivity index (χ3n) is 5.67. The van der Waals surface area contributed by atoms with Crippen LogP contribution in [-0.2, 0) is 14.3 Å². The molecule has 2 unspecified atom stereocenters. The number of fused-ring (bicyclic) bond motifs is 1. The lowest BCUT2D eigenvalue weighted by Gasteiger charge is -2.41. The van der Waals surface area contributed by atoms with Crippen LogP contribution in [0.5, 0.6) is 0 Å². The molecule has 0 fully saturated rings. The summed E-state index contributed by atoms with van der Waals surface area (Å²) in [5, 5.41) is 4.90. The molecule has 3 aromatic rings. The lowest BCUT2D eigenvalue weighted by atomic mass is 9.81. The molecule has 4 rings (SSSR count). The van der Waals surface area contributed by atoms with Gasteiger partial charge in [0.1, 0.15) is 0 Å². The molecule has 7 nitrogen and oxygen atoms in total. The molecule has 8 heteroatoms. The molecule has 0 spiro atoms. The summed E-state index contributed by atoms with van der Waals surface area (Å²) in [5.74, 6) is -1.41. The molecular weight excluding hydrogens is 440 g/mol. The number of amides is 2. The predicted molar refractivity (Wildman–Crippen MR) is 126 cm³/mol. The zero-order valence-corrected chi connectivity index (χ0v) is 19.1. The fraction of sp³-hybridized carbons (Fsp3) is 0.240. The smallest absolute Gasteiger partial charge is 0.337 e. The zero-order valence-electron chi connectivity index (χ0n) is 18.3. The number of thiophene rings is 1. The predicted octanol–water partition coefficient (Wildman–Crippen LogP) is 4.10. The van der Waals surface area contributed by atoms with E-state index in [9.17, 15) is 14.4 Å². The van der Waals surface area contributed by atoms with E-state index in [1.54, 1.807) is 48.4 Å². The van der Waals surface area contributed by atoms with Gasteiger partial charge >= 0.3 is 5.97 Å². The van der Waals surface area contributed by atoms with Crippen LogP contribution in [0.15, 0.2) is 66.0 Å². The minimum absolute atomic E-state index is 0.118. The van der Waals surface area contributed by atoms with E-state index >= 15 is 0 Å². The summed E-state index contributed by atoms with van der Waals surface area (Å²) in [7, 11) is 2.91. The molecule has 0 aliphatic carbocycles. The highest BCUT2D eigenvalue weighted by atomic mass is 32.1. The molecule has 1 aliphatic heterocycles. The maximum Gasteiger partial charge on any atom is 0.337 e. The van der Waals surface area contributed by atoms with Gasteiger partial charge in [0.15, 0.2) is 0 Å². The number of carbonyl (C=O) groups is 3. The number of benzene rings is 2. The average molecular weight is 465 g/mol. The molecule has 170 valence electrons. The van der Waals surface area contributed by atoms with Gasteiger partial charge in [0.05, 0.1) is 31.2 Å². The fourth-order valence-corrected chi connectivity index (χ4v) is 4.99. The number of hydrogen-bond acceptors (Lipinski definition) is 6. The number of methoxy groups -OCH3 is 2. The molecule has 33 heavy (non-hydrogen) atoms.